The zero-order valence-electron chi connectivity index (χ0n) is 42.6. The molecule has 0 saturated carbocycles. The molecular weight excluding hydrogens is 917 g/mol. The maximum absolute atomic E-state index is 2.50. The molecule has 0 radical (unpaired) electrons. The van der Waals surface area contributed by atoms with Crippen molar-refractivity contribution in [2.75, 3.05) is 16.3 Å². The van der Waals surface area contributed by atoms with Crippen LogP contribution in [0.1, 0.15) is 41.2 Å². The van der Waals surface area contributed by atoms with Crippen molar-refractivity contribution in [2.24, 2.45) is 0 Å². The maximum atomic E-state index is 2.50. The fourth-order valence-electron chi connectivity index (χ4n) is 12.0. The molecule has 0 atom stereocenters. The molecule has 0 N–H and O–H groups in total. The Balaban J connectivity index is 0.938. The maximum Gasteiger partial charge on any atom is 0.0727 e. The summed E-state index contributed by atoms with van der Waals surface area (Å²) in [4.78, 5) is 4.90. The van der Waals surface area contributed by atoms with E-state index in [9.17, 15) is 0 Å². The predicted molar refractivity (Wildman–Crippen MR) is 321 cm³/mol. The summed E-state index contributed by atoms with van der Waals surface area (Å²) in [7, 11) is 0. The van der Waals surface area contributed by atoms with Gasteiger partial charge in [-0.2, -0.15) is 0 Å². The molecule has 0 bridgehead atoms. The van der Waals surface area contributed by atoms with E-state index >= 15 is 0 Å². The molecule has 0 unspecified atom stereocenters. The first-order valence-electron chi connectivity index (χ1n) is 26.6. The summed E-state index contributed by atoms with van der Waals surface area (Å²) in [5.74, 6) is 0. The minimum Gasteiger partial charge on any atom is -0.338 e. The Bertz CT molecular complexity index is 3770. The third kappa shape index (κ3) is 8.25. The molecule has 0 aliphatic heterocycles. The zero-order chi connectivity index (χ0) is 50.8. The van der Waals surface area contributed by atoms with Crippen LogP contribution < -0.4 is 9.80 Å². The average Bonchev–Trinajstić information content (AvgIpc) is 4.18. The second-order valence-electron chi connectivity index (χ2n) is 19.8. The highest BCUT2D eigenvalue weighted by atomic mass is 15.1. The van der Waals surface area contributed by atoms with E-state index in [0.29, 0.717) is 6.54 Å². The van der Waals surface area contributed by atoms with Gasteiger partial charge in [0.1, 0.15) is 0 Å². The number of hydrogen-bond donors (Lipinski definition) is 0. The summed E-state index contributed by atoms with van der Waals surface area (Å²) < 4.78 is 0. The fraction of sp³-hybridized carbons (Fsp3) is 0.0541. The van der Waals surface area contributed by atoms with Crippen molar-refractivity contribution in [1.82, 2.24) is 0 Å². The number of benzene rings is 11. The van der Waals surface area contributed by atoms with E-state index < -0.39 is 5.41 Å². The van der Waals surface area contributed by atoms with Gasteiger partial charge in [-0.05, 0) is 156 Å². The monoisotopic (exact) mass is 972 g/mol. The number of fused-ring (bicyclic) bond motifs is 10. The van der Waals surface area contributed by atoms with Gasteiger partial charge in [-0.1, -0.05) is 244 Å². The van der Waals surface area contributed by atoms with Gasteiger partial charge < -0.3 is 9.80 Å². The molecular formula is C74H56N2. The third-order valence-electron chi connectivity index (χ3n) is 15.5. The first-order chi connectivity index (χ1) is 37.7. The summed E-state index contributed by atoms with van der Waals surface area (Å²) >= 11 is 0. The van der Waals surface area contributed by atoms with Crippen LogP contribution in [0.5, 0.6) is 0 Å². The van der Waals surface area contributed by atoms with E-state index in [1.165, 1.54) is 89.0 Å². The molecule has 13 rings (SSSR count). The van der Waals surface area contributed by atoms with Gasteiger partial charge in [0.15, 0.2) is 0 Å². The van der Waals surface area contributed by atoms with Crippen LogP contribution in [0.3, 0.4) is 0 Å². The molecule has 0 aromatic heterocycles. The highest BCUT2D eigenvalue weighted by Crippen LogP contribution is 2.64. The Kier molecular flexibility index (Phi) is 12.2. The van der Waals surface area contributed by atoms with Gasteiger partial charge in [-0.15, -0.1) is 0 Å². The van der Waals surface area contributed by atoms with Crippen LogP contribution in [-0.4, -0.2) is 6.54 Å². The van der Waals surface area contributed by atoms with Gasteiger partial charge in [0, 0.05) is 35.0 Å². The highest BCUT2D eigenvalue weighted by Gasteiger charge is 2.52. The fourth-order valence-corrected chi connectivity index (χ4v) is 12.0. The van der Waals surface area contributed by atoms with E-state index in [1.54, 1.807) is 0 Å². The van der Waals surface area contributed by atoms with Crippen molar-refractivity contribution in [2.45, 2.75) is 18.8 Å². The summed E-state index contributed by atoms with van der Waals surface area (Å²) in [6.07, 6.45) is 7.92. The topological polar surface area (TPSA) is 6.48 Å². The van der Waals surface area contributed by atoms with Gasteiger partial charge in [-0.25, -0.2) is 0 Å². The first kappa shape index (κ1) is 46.3. The molecule has 11 aromatic rings. The van der Waals surface area contributed by atoms with Crippen molar-refractivity contribution < 1.29 is 0 Å². The summed E-state index contributed by atoms with van der Waals surface area (Å²) in [5, 5.41) is 0. The first-order valence-corrected chi connectivity index (χ1v) is 26.6. The standard InChI is InChI=1S/C74H56N2/c1-2-20-53(57-34-36-58(37-35-57)54-21-7-3-8-22-54)27-19-50-75(61-28-13-6-14-29-61)64-46-48-68-69-49-47-65(52-73(69)74(72(68)51-64)70-32-17-15-30-66(70)67-31-16-18-33-71(67)74)76(62-42-38-59(39-43-62)55-23-9-4-10-24-55)63-44-40-60(41-45-63)56-25-11-5-12-26-56/h3-49,51-52H,2,50H2,1H3/b27-19-,53-20+. The van der Waals surface area contributed by atoms with E-state index in [2.05, 4.69) is 314 Å². The minimum absolute atomic E-state index is 0.578. The quantitative estimate of drug-likeness (QED) is 0.106. The molecule has 1 spiro atoms. The predicted octanol–water partition coefficient (Wildman–Crippen LogP) is 19.7. The molecule has 0 heterocycles. The van der Waals surface area contributed by atoms with Gasteiger partial charge in [0.25, 0.3) is 0 Å². The smallest absolute Gasteiger partial charge is 0.0727 e. The molecule has 0 saturated heterocycles. The van der Waals surface area contributed by atoms with Crippen LogP contribution in [0.15, 0.2) is 297 Å². The SMILES string of the molecule is CC/C=C(\C=C/CN(c1ccccc1)c1ccc2c(c1)C1(c3ccccc3-c3ccccc31)c1cc(N(c3ccc(-c4ccccc4)cc3)c3ccc(-c4ccccc4)cc3)ccc1-2)c1ccc(-c2ccccc2)cc1. The molecule has 2 aliphatic carbocycles. The summed E-state index contributed by atoms with van der Waals surface area (Å²) in [6.45, 7) is 2.90. The average molecular weight is 973 g/mol. The van der Waals surface area contributed by atoms with Crippen LogP contribution in [-0.2, 0) is 5.41 Å². The number of anilines is 5. The lowest BCUT2D eigenvalue weighted by molar-refractivity contribution is 0.793. The lowest BCUT2D eigenvalue weighted by atomic mass is 9.70. The van der Waals surface area contributed by atoms with E-state index in [1.807, 2.05) is 0 Å². The van der Waals surface area contributed by atoms with E-state index in [0.717, 1.165) is 34.9 Å². The largest absolute Gasteiger partial charge is 0.338 e. The molecule has 0 amide bonds. The van der Waals surface area contributed by atoms with Crippen LogP contribution in [0.2, 0.25) is 0 Å². The molecule has 11 aromatic carbocycles. The summed E-state index contributed by atoms with van der Waals surface area (Å²) in [6, 6.07) is 103. The molecule has 362 valence electrons. The molecule has 2 heteroatoms. The van der Waals surface area contributed by atoms with Crippen molar-refractivity contribution >= 4 is 34.0 Å². The highest BCUT2D eigenvalue weighted by molar-refractivity contribution is 5.97. The molecule has 0 fully saturated rings. The number of rotatable bonds is 13. The zero-order valence-corrected chi connectivity index (χ0v) is 42.6. The van der Waals surface area contributed by atoms with Crippen LogP contribution in [0.4, 0.5) is 28.4 Å². The van der Waals surface area contributed by atoms with Crippen LogP contribution in [0.25, 0.3) is 61.2 Å². The third-order valence-corrected chi connectivity index (χ3v) is 15.5. The van der Waals surface area contributed by atoms with Gasteiger partial charge in [-0.3, -0.25) is 0 Å². The van der Waals surface area contributed by atoms with E-state index in [4.69, 9.17) is 0 Å². The Labute approximate surface area is 447 Å². The Morgan fingerprint density at radius 3 is 1.21 bits per heavy atom. The second kappa shape index (κ2) is 20.1. The molecule has 2 aliphatic rings. The van der Waals surface area contributed by atoms with Gasteiger partial charge in [0.05, 0.1) is 5.41 Å². The normalized spacial score (nSPS) is 12.8. The number of allylic oxidation sites excluding steroid dienone is 3. The second-order valence-corrected chi connectivity index (χ2v) is 19.8. The molecule has 2 nitrogen and oxygen atoms in total. The van der Waals surface area contributed by atoms with Gasteiger partial charge >= 0.3 is 0 Å². The van der Waals surface area contributed by atoms with Crippen molar-refractivity contribution in [3.05, 3.63) is 325 Å². The van der Waals surface area contributed by atoms with Gasteiger partial charge in [0.2, 0.25) is 0 Å². The van der Waals surface area contributed by atoms with Crippen molar-refractivity contribution in [3.8, 4) is 55.6 Å². The number of hydrogen-bond acceptors (Lipinski definition) is 2. The van der Waals surface area contributed by atoms with E-state index in [-0.39, 0.29) is 0 Å². The Morgan fingerprint density at radius 1 is 0.342 bits per heavy atom. The van der Waals surface area contributed by atoms with Crippen LogP contribution in [0, 0.1) is 0 Å². The minimum atomic E-state index is -0.578. The number of para-hydroxylation sites is 1. The van der Waals surface area contributed by atoms with Crippen LogP contribution >= 0.6 is 0 Å². The lowest BCUT2D eigenvalue weighted by Gasteiger charge is -2.33. The van der Waals surface area contributed by atoms with Crippen molar-refractivity contribution in [1.29, 1.82) is 0 Å². The van der Waals surface area contributed by atoms with Crippen molar-refractivity contribution in [3.63, 3.8) is 0 Å². The lowest BCUT2D eigenvalue weighted by Crippen LogP contribution is -2.27. The Hall–Kier alpha value is -9.50. The Morgan fingerprint density at radius 2 is 0.724 bits per heavy atom. The number of nitrogens with zero attached hydrogens (tertiary/aromatic N) is 2. The molecule has 76 heavy (non-hydrogen) atoms. The summed E-state index contributed by atoms with van der Waals surface area (Å²) in [5.41, 5.74) is 25.0.